The van der Waals surface area contributed by atoms with Crippen molar-refractivity contribution in [2.24, 2.45) is 5.92 Å². The lowest BCUT2D eigenvalue weighted by atomic mass is 10.0. The molecular weight excluding hydrogens is 300 g/mol. The first-order valence-corrected chi connectivity index (χ1v) is 9.03. The number of carbonyl (C=O) groups is 1. The summed E-state index contributed by atoms with van der Waals surface area (Å²) in [5.41, 5.74) is 0.349. The minimum atomic E-state index is -3.59. The summed E-state index contributed by atoms with van der Waals surface area (Å²) >= 11 is 0. The molecule has 0 spiro atoms. The van der Waals surface area contributed by atoms with Crippen LogP contribution >= 0.6 is 0 Å². The van der Waals surface area contributed by atoms with Crippen molar-refractivity contribution in [3.05, 3.63) is 29.8 Å². The van der Waals surface area contributed by atoms with Crippen LogP contribution < -0.4 is 10.0 Å². The van der Waals surface area contributed by atoms with E-state index >= 15 is 0 Å². The highest BCUT2D eigenvalue weighted by Gasteiger charge is 2.18. The standard InChI is InChI=1S/C16H26N2O3S/c1-11(2)9-13(5)17-16(19)14-7-6-8-15(10-14)22(20,21)18-12(3)4/h6-8,10-13,18H,9H2,1-5H3,(H,17,19)/t13-/m1/s1. The molecule has 6 heteroatoms. The number of rotatable bonds is 7. The maximum atomic E-state index is 12.2. The van der Waals surface area contributed by atoms with Crippen LogP contribution in [0.4, 0.5) is 0 Å². The van der Waals surface area contributed by atoms with Gasteiger partial charge in [-0.25, -0.2) is 13.1 Å². The Morgan fingerprint density at radius 1 is 1.14 bits per heavy atom. The molecule has 0 aromatic heterocycles. The van der Waals surface area contributed by atoms with Gasteiger partial charge in [0.1, 0.15) is 0 Å². The SMILES string of the molecule is CC(C)C[C@@H](C)NC(=O)c1cccc(S(=O)(=O)NC(C)C)c1. The number of amides is 1. The van der Waals surface area contributed by atoms with Crippen LogP contribution in [0.3, 0.4) is 0 Å². The van der Waals surface area contributed by atoms with Crippen molar-refractivity contribution >= 4 is 15.9 Å². The van der Waals surface area contributed by atoms with Gasteiger partial charge in [0.2, 0.25) is 10.0 Å². The highest BCUT2D eigenvalue weighted by Crippen LogP contribution is 2.13. The van der Waals surface area contributed by atoms with Crippen molar-refractivity contribution in [2.75, 3.05) is 0 Å². The molecule has 0 fully saturated rings. The van der Waals surface area contributed by atoms with E-state index in [2.05, 4.69) is 23.9 Å². The molecule has 0 radical (unpaired) electrons. The van der Waals surface area contributed by atoms with E-state index in [0.29, 0.717) is 11.5 Å². The maximum Gasteiger partial charge on any atom is 0.251 e. The molecule has 1 aromatic rings. The molecule has 1 rings (SSSR count). The third kappa shape index (κ3) is 5.77. The summed E-state index contributed by atoms with van der Waals surface area (Å²) < 4.78 is 26.8. The molecule has 0 unspecified atom stereocenters. The Labute approximate surface area is 133 Å². The largest absolute Gasteiger partial charge is 0.350 e. The fraction of sp³-hybridized carbons (Fsp3) is 0.562. The van der Waals surface area contributed by atoms with Crippen LogP contribution in [0.15, 0.2) is 29.2 Å². The predicted octanol–water partition coefficient (Wildman–Crippen LogP) is 2.54. The third-order valence-electron chi connectivity index (χ3n) is 3.00. The average molecular weight is 326 g/mol. The summed E-state index contributed by atoms with van der Waals surface area (Å²) in [5, 5.41) is 2.89. The second kappa shape index (κ2) is 7.74. The molecule has 2 N–H and O–H groups in total. The zero-order chi connectivity index (χ0) is 16.9. The van der Waals surface area contributed by atoms with E-state index in [-0.39, 0.29) is 22.9 Å². The quantitative estimate of drug-likeness (QED) is 0.808. The fourth-order valence-electron chi connectivity index (χ4n) is 2.26. The molecule has 0 aliphatic rings. The first kappa shape index (κ1) is 18.6. The minimum Gasteiger partial charge on any atom is -0.350 e. The van der Waals surface area contributed by atoms with E-state index in [1.807, 2.05) is 6.92 Å². The summed E-state index contributed by atoms with van der Waals surface area (Å²) in [6.07, 6.45) is 0.874. The number of hydrogen-bond acceptors (Lipinski definition) is 3. The van der Waals surface area contributed by atoms with Gasteiger partial charge in [0, 0.05) is 17.6 Å². The molecule has 0 bridgehead atoms. The molecule has 1 amide bonds. The zero-order valence-electron chi connectivity index (χ0n) is 13.9. The average Bonchev–Trinajstić information content (AvgIpc) is 2.36. The molecular formula is C16H26N2O3S. The second-order valence-electron chi connectivity index (χ2n) is 6.31. The van der Waals surface area contributed by atoms with Crippen molar-refractivity contribution in [2.45, 2.75) is 58.0 Å². The van der Waals surface area contributed by atoms with E-state index in [0.717, 1.165) is 6.42 Å². The van der Waals surface area contributed by atoms with Crippen LogP contribution in [-0.4, -0.2) is 26.4 Å². The number of carbonyl (C=O) groups excluding carboxylic acids is 1. The van der Waals surface area contributed by atoms with Crippen molar-refractivity contribution in [1.29, 1.82) is 0 Å². The summed E-state index contributed by atoms with van der Waals surface area (Å²) in [7, 11) is -3.59. The number of benzene rings is 1. The Hall–Kier alpha value is -1.40. The minimum absolute atomic E-state index is 0.0431. The third-order valence-corrected chi connectivity index (χ3v) is 4.66. The van der Waals surface area contributed by atoms with Gasteiger partial charge < -0.3 is 5.32 Å². The second-order valence-corrected chi connectivity index (χ2v) is 8.02. The molecule has 1 atom stereocenters. The van der Waals surface area contributed by atoms with Gasteiger partial charge in [-0.2, -0.15) is 0 Å². The van der Waals surface area contributed by atoms with Crippen LogP contribution in [0.5, 0.6) is 0 Å². The van der Waals surface area contributed by atoms with E-state index in [4.69, 9.17) is 0 Å². The summed E-state index contributed by atoms with van der Waals surface area (Å²) in [4.78, 5) is 12.3. The Kier molecular flexibility index (Phi) is 6.56. The first-order valence-electron chi connectivity index (χ1n) is 7.55. The summed E-state index contributed by atoms with van der Waals surface area (Å²) in [6, 6.07) is 5.93. The molecule has 124 valence electrons. The van der Waals surface area contributed by atoms with Gasteiger partial charge in [-0.05, 0) is 51.3 Å². The molecule has 5 nitrogen and oxygen atoms in total. The van der Waals surface area contributed by atoms with Gasteiger partial charge in [-0.15, -0.1) is 0 Å². The molecule has 22 heavy (non-hydrogen) atoms. The number of nitrogens with one attached hydrogen (secondary N) is 2. The van der Waals surface area contributed by atoms with E-state index < -0.39 is 10.0 Å². The van der Waals surface area contributed by atoms with E-state index in [1.165, 1.54) is 12.1 Å². The first-order chi connectivity index (χ1) is 10.1. The lowest BCUT2D eigenvalue weighted by molar-refractivity contribution is 0.0936. The normalized spacial score (nSPS) is 13.4. The molecule has 0 saturated heterocycles. The zero-order valence-corrected chi connectivity index (χ0v) is 14.7. The molecule has 0 aliphatic heterocycles. The van der Waals surface area contributed by atoms with Crippen molar-refractivity contribution in [3.63, 3.8) is 0 Å². The van der Waals surface area contributed by atoms with Crippen molar-refractivity contribution in [3.8, 4) is 0 Å². The van der Waals surface area contributed by atoms with Crippen LogP contribution in [0.2, 0.25) is 0 Å². The van der Waals surface area contributed by atoms with Crippen LogP contribution in [-0.2, 0) is 10.0 Å². The Morgan fingerprint density at radius 2 is 1.77 bits per heavy atom. The lowest BCUT2D eigenvalue weighted by Gasteiger charge is -2.16. The topological polar surface area (TPSA) is 75.3 Å². The maximum absolute atomic E-state index is 12.2. The Bertz CT molecular complexity index is 610. The highest BCUT2D eigenvalue weighted by molar-refractivity contribution is 7.89. The summed E-state index contributed by atoms with van der Waals surface area (Å²) in [5.74, 6) is 0.229. The van der Waals surface area contributed by atoms with E-state index in [9.17, 15) is 13.2 Å². The van der Waals surface area contributed by atoms with Gasteiger partial charge in [-0.3, -0.25) is 4.79 Å². The smallest absolute Gasteiger partial charge is 0.251 e. The summed E-state index contributed by atoms with van der Waals surface area (Å²) in [6.45, 7) is 9.63. The number of hydrogen-bond donors (Lipinski definition) is 2. The van der Waals surface area contributed by atoms with Gasteiger partial charge >= 0.3 is 0 Å². The monoisotopic (exact) mass is 326 g/mol. The van der Waals surface area contributed by atoms with Crippen LogP contribution in [0.1, 0.15) is 51.4 Å². The van der Waals surface area contributed by atoms with Gasteiger partial charge in [0.25, 0.3) is 5.91 Å². The van der Waals surface area contributed by atoms with E-state index in [1.54, 1.807) is 26.0 Å². The highest BCUT2D eigenvalue weighted by atomic mass is 32.2. The molecule has 1 aromatic carbocycles. The lowest BCUT2D eigenvalue weighted by Crippen LogP contribution is -2.34. The predicted molar refractivity (Wildman–Crippen MR) is 88.3 cm³/mol. The molecule has 0 heterocycles. The van der Waals surface area contributed by atoms with Gasteiger partial charge in [0.05, 0.1) is 4.90 Å². The van der Waals surface area contributed by atoms with Crippen molar-refractivity contribution in [1.82, 2.24) is 10.0 Å². The fourth-order valence-corrected chi connectivity index (χ4v) is 3.55. The van der Waals surface area contributed by atoms with Crippen LogP contribution in [0.25, 0.3) is 0 Å². The molecule has 0 aliphatic carbocycles. The number of sulfonamides is 1. The Morgan fingerprint density at radius 3 is 2.32 bits per heavy atom. The van der Waals surface area contributed by atoms with Crippen LogP contribution in [0, 0.1) is 5.92 Å². The molecule has 0 saturated carbocycles. The van der Waals surface area contributed by atoms with Crippen molar-refractivity contribution < 1.29 is 13.2 Å². The Balaban J connectivity index is 2.90. The van der Waals surface area contributed by atoms with Gasteiger partial charge in [-0.1, -0.05) is 19.9 Å². The van der Waals surface area contributed by atoms with Gasteiger partial charge in [0.15, 0.2) is 0 Å².